The highest BCUT2D eigenvalue weighted by molar-refractivity contribution is 7.13. The van der Waals surface area contributed by atoms with Crippen LogP contribution in [0.25, 0.3) is 10.7 Å². The number of hydrogen-bond donors (Lipinski definition) is 1. The molecule has 0 saturated heterocycles. The summed E-state index contributed by atoms with van der Waals surface area (Å²) < 4.78 is 13.4. The molecule has 0 aliphatic carbocycles. The standard InChI is InChI=1S/C28H23ClFN7O2S/c29-23-5-2-1-4-21(23)17-36(25(38)18-37-34-27(33-35-37)24-6-3-15-40-24)26(20-11-13-31-14-12-20)28(39)32-16-19-7-9-22(30)10-8-19/h1-15,26H,16-18H2,(H,32,39)/t26-/m1/s1. The number of nitrogens with zero attached hydrogens (tertiary/aromatic N) is 6. The minimum absolute atomic E-state index is 0.0436. The summed E-state index contributed by atoms with van der Waals surface area (Å²) in [5, 5.41) is 17.7. The zero-order valence-corrected chi connectivity index (χ0v) is 22.6. The molecule has 0 fully saturated rings. The van der Waals surface area contributed by atoms with Gasteiger partial charge in [-0.1, -0.05) is 48.0 Å². The van der Waals surface area contributed by atoms with Gasteiger partial charge in [-0.05, 0) is 63.7 Å². The lowest BCUT2D eigenvalue weighted by Gasteiger charge is -2.31. The van der Waals surface area contributed by atoms with Gasteiger partial charge in [0.25, 0.3) is 0 Å². The van der Waals surface area contributed by atoms with Crippen LogP contribution in [0.15, 0.2) is 90.6 Å². The molecule has 1 N–H and O–H groups in total. The first-order chi connectivity index (χ1) is 19.5. The van der Waals surface area contributed by atoms with Gasteiger partial charge in [-0.15, -0.1) is 21.5 Å². The number of thiophene rings is 1. The van der Waals surface area contributed by atoms with Gasteiger partial charge in [-0.2, -0.15) is 4.80 Å². The number of pyridine rings is 1. The molecule has 0 saturated carbocycles. The molecule has 40 heavy (non-hydrogen) atoms. The largest absolute Gasteiger partial charge is 0.350 e. The molecule has 5 rings (SSSR count). The van der Waals surface area contributed by atoms with Crippen molar-refractivity contribution in [2.24, 2.45) is 0 Å². The third-order valence-corrected chi connectivity index (χ3v) is 7.29. The second kappa shape index (κ2) is 12.6. The average Bonchev–Trinajstić information content (AvgIpc) is 3.67. The molecule has 3 heterocycles. The summed E-state index contributed by atoms with van der Waals surface area (Å²) in [6.45, 7) is -0.0682. The van der Waals surface area contributed by atoms with Crippen molar-refractivity contribution in [2.75, 3.05) is 0 Å². The van der Waals surface area contributed by atoms with Crippen LogP contribution in [0.4, 0.5) is 4.39 Å². The normalized spacial score (nSPS) is 11.7. The summed E-state index contributed by atoms with van der Waals surface area (Å²) in [6.07, 6.45) is 3.11. The molecule has 2 aromatic carbocycles. The van der Waals surface area contributed by atoms with E-state index in [1.54, 1.807) is 54.9 Å². The SMILES string of the molecule is O=C(NCc1ccc(F)cc1)[C@@H](c1ccncc1)N(Cc1ccccc1Cl)C(=O)Cn1nnc(-c2cccs2)n1. The number of carbonyl (C=O) groups excluding carboxylic acids is 2. The number of halogens is 2. The third-order valence-electron chi connectivity index (χ3n) is 6.05. The van der Waals surface area contributed by atoms with E-state index in [-0.39, 0.29) is 25.5 Å². The van der Waals surface area contributed by atoms with Gasteiger partial charge < -0.3 is 10.2 Å². The highest BCUT2D eigenvalue weighted by Gasteiger charge is 2.32. The first kappa shape index (κ1) is 27.1. The monoisotopic (exact) mass is 575 g/mol. The van der Waals surface area contributed by atoms with Gasteiger partial charge in [0.1, 0.15) is 18.4 Å². The summed E-state index contributed by atoms with van der Waals surface area (Å²) >= 11 is 7.92. The summed E-state index contributed by atoms with van der Waals surface area (Å²) in [4.78, 5) is 35.1. The number of hydrogen-bond acceptors (Lipinski definition) is 7. The van der Waals surface area contributed by atoms with Crippen LogP contribution in [-0.4, -0.2) is 41.9 Å². The third kappa shape index (κ3) is 6.56. The van der Waals surface area contributed by atoms with Crippen LogP contribution in [0, 0.1) is 5.82 Å². The van der Waals surface area contributed by atoms with E-state index in [2.05, 4.69) is 25.7 Å². The van der Waals surface area contributed by atoms with Gasteiger partial charge in [0.2, 0.25) is 17.6 Å². The van der Waals surface area contributed by atoms with Crippen LogP contribution in [0.5, 0.6) is 0 Å². The van der Waals surface area contributed by atoms with E-state index in [1.165, 1.54) is 33.2 Å². The first-order valence-electron chi connectivity index (χ1n) is 12.2. The number of rotatable bonds is 10. The van der Waals surface area contributed by atoms with Crippen LogP contribution in [0.2, 0.25) is 5.02 Å². The Balaban J connectivity index is 1.46. The lowest BCUT2D eigenvalue weighted by atomic mass is 10.0. The predicted octanol–water partition coefficient (Wildman–Crippen LogP) is 4.68. The van der Waals surface area contributed by atoms with Crippen molar-refractivity contribution in [3.63, 3.8) is 0 Å². The fourth-order valence-electron chi connectivity index (χ4n) is 4.07. The Morgan fingerprint density at radius 3 is 2.52 bits per heavy atom. The van der Waals surface area contributed by atoms with Crippen molar-refractivity contribution in [2.45, 2.75) is 25.7 Å². The van der Waals surface area contributed by atoms with Crippen LogP contribution in [-0.2, 0) is 29.2 Å². The van der Waals surface area contributed by atoms with E-state index in [4.69, 9.17) is 11.6 Å². The smallest absolute Gasteiger partial charge is 0.247 e. The maximum Gasteiger partial charge on any atom is 0.247 e. The molecule has 202 valence electrons. The van der Waals surface area contributed by atoms with Crippen LogP contribution >= 0.6 is 22.9 Å². The van der Waals surface area contributed by atoms with Crippen LogP contribution in [0.3, 0.4) is 0 Å². The fraction of sp³-hybridized carbons (Fsp3) is 0.143. The molecular weight excluding hydrogens is 553 g/mol. The molecule has 2 amide bonds. The Labute approximate surface area is 238 Å². The molecule has 0 aliphatic heterocycles. The molecule has 9 nitrogen and oxygen atoms in total. The first-order valence-corrected chi connectivity index (χ1v) is 13.5. The van der Waals surface area contributed by atoms with Crippen molar-refractivity contribution in [3.8, 4) is 10.7 Å². The maximum absolute atomic E-state index is 13.9. The van der Waals surface area contributed by atoms with Crippen LogP contribution < -0.4 is 5.32 Å². The zero-order valence-electron chi connectivity index (χ0n) is 21.0. The number of aromatic nitrogens is 5. The van der Waals surface area contributed by atoms with Crippen molar-refractivity contribution in [1.29, 1.82) is 0 Å². The van der Waals surface area contributed by atoms with E-state index in [0.717, 1.165) is 4.88 Å². The predicted molar refractivity (Wildman–Crippen MR) is 148 cm³/mol. The van der Waals surface area contributed by atoms with Gasteiger partial charge in [-0.3, -0.25) is 14.6 Å². The van der Waals surface area contributed by atoms with Gasteiger partial charge in [0.15, 0.2) is 0 Å². The molecule has 0 bridgehead atoms. The Bertz CT molecular complexity index is 1580. The highest BCUT2D eigenvalue weighted by atomic mass is 35.5. The second-order valence-corrected chi connectivity index (χ2v) is 10.1. The highest BCUT2D eigenvalue weighted by Crippen LogP contribution is 2.27. The lowest BCUT2D eigenvalue weighted by molar-refractivity contribution is -0.142. The fourth-order valence-corrected chi connectivity index (χ4v) is 4.91. The van der Waals surface area contributed by atoms with Gasteiger partial charge in [0, 0.05) is 30.5 Å². The average molecular weight is 576 g/mol. The van der Waals surface area contributed by atoms with Crippen molar-refractivity contribution < 1.29 is 14.0 Å². The Morgan fingerprint density at radius 2 is 1.80 bits per heavy atom. The van der Waals surface area contributed by atoms with E-state index >= 15 is 0 Å². The van der Waals surface area contributed by atoms with Gasteiger partial charge in [-0.25, -0.2) is 4.39 Å². The molecule has 0 unspecified atom stereocenters. The maximum atomic E-state index is 13.9. The molecule has 12 heteroatoms. The summed E-state index contributed by atoms with van der Waals surface area (Å²) in [6, 6.07) is 19.0. The van der Waals surface area contributed by atoms with Crippen LogP contribution in [0.1, 0.15) is 22.7 Å². The van der Waals surface area contributed by atoms with Gasteiger partial charge >= 0.3 is 0 Å². The van der Waals surface area contributed by atoms with Gasteiger partial charge in [0.05, 0.1) is 4.88 Å². The minimum atomic E-state index is -1.03. The van der Waals surface area contributed by atoms with E-state index in [9.17, 15) is 14.0 Å². The molecule has 0 aliphatic rings. The van der Waals surface area contributed by atoms with Crippen molar-refractivity contribution >= 4 is 34.8 Å². The molecule has 3 aromatic heterocycles. The minimum Gasteiger partial charge on any atom is -0.350 e. The quantitative estimate of drug-likeness (QED) is 0.259. The van der Waals surface area contributed by atoms with E-state index < -0.39 is 17.9 Å². The Kier molecular flexibility index (Phi) is 8.53. The topological polar surface area (TPSA) is 106 Å². The number of nitrogens with one attached hydrogen (secondary N) is 1. The van der Waals surface area contributed by atoms with Crippen molar-refractivity contribution in [1.82, 2.24) is 35.4 Å². The zero-order chi connectivity index (χ0) is 27.9. The molecule has 0 radical (unpaired) electrons. The summed E-state index contributed by atoms with van der Waals surface area (Å²) in [5.74, 6) is -0.816. The molecule has 0 spiro atoms. The molecule has 5 aromatic rings. The Morgan fingerprint density at radius 1 is 1.02 bits per heavy atom. The second-order valence-electron chi connectivity index (χ2n) is 8.76. The summed E-state index contributed by atoms with van der Waals surface area (Å²) in [7, 11) is 0. The van der Waals surface area contributed by atoms with Crippen molar-refractivity contribution in [3.05, 3.63) is 118 Å². The van der Waals surface area contributed by atoms with E-state index in [0.29, 0.717) is 27.5 Å². The lowest BCUT2D eigenvalue weighted by Crippen LogP contribution is -2.44. The molecular formula is C28H23ClFN7O2S. The molecule has 1 atom stereocenters. The van der Waals surface area contributed by atoms with E-state index in [1.807, 2.05) is 23.6 Å². The number of benzene rings is 2. The Hall–Kier alpha value is -4.48. The number of amides is 2. The number of tetrazole rings is 1. The number of carbonyl (C=O) groups is 2. The summed E-state index contributed by atoms with van der Waals surface area (Å²) in [5.41, 5.74) is 1.92.